The van der Waals surface area contributed by atoms with Crippen LogP contribution in [0.3, 0.4) is 0 Å². The normalized spacial score (nSPS) is 17.1. The van der Waals surface area contributed by atoms with Gasteiger partial charge in [-0.2, -0.15) is 0 Å². The first-order chi connectivity index (χ1) is 17.1. The van der Waals surface area contributed by atoms with Gasteiger partial charge in [0.1, 0.15) is 18.3 Å². The Hall–Kier alpha value is -3.79. The predicted molar refractivity (Wildman–Crippen MR) is 131 cm³/mol. The molecule has 0 unspecified atom stereocenters. The lowest BCUT2D eigenvalue weighted by Gasteiger charge is -2.22. The van der Waals surface area contributed by atoms with Crippen LogP contribution in [-0.2, 0) is 16.1 Å². The number of nitrogens with one attached hydrogen (secondary N) is 2. The quantitative estimate of drug-likeness (QED) is 0.519. The molecule has 3 amide bonds. The fraction of sp³-hybridized carbons (Fsp3) is 0.320. The third kappa shape index (κ3) is 5.65. The molecule has 0 bridgehead atoms. The van der Waals surface area contributed by atoms with E-state index in [0.717, 1.165) is 24.8 Å². The number of nitrogens with zero attached hydrogens (tertiary/aromatic N) is 3. The van der Waals surface area contributed by atoms with Gasteiger partial charge in [0.2, 0.25) is 5.91 Å². The van der Waals surface area contributed by atoms with E-state index < -0.39 is 12.1 Å². The van der Waals surface area contributed by atoms with Gasteiger partial charge in [0.05, 0.1) is 11.3 Å². The summed E-state index contributed by atoms with van der Waals surface area (Å²) >= 11 is 1.28. The van der Waals surface area contributed by atoms with Crippen molar-refractivity contribution in [3.63, 3.8) is 0 Å². The third-order valence-corrected chi connectivity index (χ3v) is 6.69. The lowest BCUT2D eigenvalue weighted by atomic mass is 10.2. The molecule has 1 saturated heterocycles. The zero-order chi connectivity index (χ0) is 24.2. The van der Waals surface area contributed by atoms with Gasteiger partial charge < -0.3 is 15.4 Å². The fourth-order valence-corrected chi connectivity index (χ4v) is 4.58. The highest BCUT2D eigenvalue weighted by atomic mass is 32.1. The molecular weight excluding hydrogens is 466 g/mol. The molecule has 3 aromatic rings. The van der Waals surface area contributed by atoms with Crippen molar-refractivity contribution < 1.29 is 19.1 Å². The predicted octanol–water partition coefficient (Wildman–Crippen LogP) is 3.84. The van der Waals surface area contributed by atoms with Gasteiger partial charge in [-0.3, -0.25) is 19.5 Å². The number of benzene rings is 1. The third-order valence-electron chi connectivity index (χ3n) is 5.93. The summed E-state index contributed by atoms with van der Waals surface area (Å²) < 4.78 is 5.41. The number of anilines is 1. The Labute approximate surface area is 206 Å². The highest BCUT2D eigenvalue weighted by molar-refractivity contribution is 7.14. The van der Waals surface area contributed by atoms with Crippen LogP contribution in [0.15, 0.2) is 54.0 Å². The Morgan fingerprint density at radius 2 is 1.89 bits per heavy atom. The smallest absolute Gasteiger partial charge is 0.410 e. The minimum Gasteiger partial charge on any atom is -0.445 e. The van der Waals surface area contributed by atoms with Crippen molar-refractivity contribution in [2.75, 3.05) is 11.9 Å². The first kappa shape index (κ1) is 23.0. The molecule has 1 aromatic carbocycles. The van der Waals surface area contributed by atoms with Crippen LogP contribution in [-0.4, -0.2) is 51.4 Å². The van der Waals surface area contributed by atoms with Gasteiger partial charge in [0.15, 0.2) is 5.13 Å². The zero-order valence-electron chi connectivity index (χ0n) is 19.0. The minimum atomic E-state index is -0.604. The molecule has 180 valence electrons. The molecule has 0 spiro atoms. The molecule has 1 aliphatic carbocycles. The Balaban J connectivity index is 1.17. The molecule has 1 atom stereocenters. The highest BCUT2D eigenvalue weighted by Gasteiger charge is 2.35. The molecule has 2 fully saturated rings. The Morgan fingerprint density at radius 3 is 2.63 bits per heavy atom. The Bertz CT molecular complexity index is 1210. The van der Waals surface area contributed by atoms with Crippen LogP contribution in [0.2, 0.25) is 0 Å². The number of ether oxygens (including phenoxy) is 1. The monoisotopic (exact) mass is 491 g/mol. The molecule has 3 heterocycles. The lowest BCUT2D eigenvalue weighted by Crippen LogP contribution is -2.43. The van der Waals surface area contributed by atoms with E-state index in [1.807, 2.05) is 30.3 Å². The number of carbonyl (C=O) groups is 3. The van der Waals surface area contributed by atoms with Crippen molar-refractivity contribution in [1.82, 2.24) is 20.2 Å². The fourth-order valence-electron chi connectivity index (χ4n) is 3.87. The van der Waals surface area contributed by atoms with E-state index in [4.69, 9.17) is 4.74 Å². The van der Waals surface area contributed by atoms with Crippen LogP contribution in [0.25, 0.3) is 11.4 Å². The maximum atomic E-state index is 12.9. The van der Waals surface area contributed by atoms with Gasteiger partial charge in [-0.1, -0.05) is 30.3 Å². The summed E-state index contributed by atoms with van der Waals surface area (Å²) in [6.45, 7) is 0.633. The van der Waals surface area contributed by atoms with Crippen molar-refractivity contribution in [1.29, 1.82) is 0 Å². The maximum absolute atomic E-state index is 12.9. The molecule has 10 heteroatoms. The molecule has 0 radical (unpaired) electrons. The van der Waals surface area contributed by atoms with E-state index in [2.05, 4.69) is 20.6 Å². The standard InChI is InChI=1S/C25H25N5O4S/c31-22(27-18-9-10-18)17-8-11-19(26-13-17)20-15-35-24(28-20)29-23(32)21-7-4-12-30(21)25(33)34-14-16-5-2-1-3-6-16/h1-3,5-6,8,11,13,15,18,21H,4,7,9-10,12,14H2,(H,27,31)(H,28,29,32)/t21-/m0/s1. The lowest BCUT2D eigenvalue weighted by molar-refractivity contribution is -0.120. The van der Waals surface area contributed by atoms with Crippen molar-refractivity contribution in [2.45, 2.75) is 44.4 Å². The van der Waals surface area contributed by atoms with Gasteiger partial charge in [-0.15, -0.1) is 11.3 Å². The topological polar surface area (TPSA) is 114 Å². The van der Waals surface area contributed by atoms with Crippen molar-refractivity contribution in [3.8, 4) is 11.4 Å². The number of hydrogen-bond donors (Lipinski definition) is 2. The SMILES string of the molecule is O=C(NC1CC1)c1ccc(-c2csc(NC(=O)[C@@H]3CCCN3C(=O)OCc3ccccc3)n2)nc1. The summed E-state index contributed by atoms with van der Waals surface area (Å²) in [7, 11) is 0. The highest BCUT2D eigenvalue weighted by Crippen LogP contribution is 2.26. The Kier molecular flexibility index (Phi) is 6.71. The molecule has 9 nitrogen and oxygen atoms in total. The van der Waals surface area contributed by atoms with Crippen LogP contribution in [0.1, 0.15) is 41.6 Å². The minimum absolute atomic E-state index is 0.124. The van der Waals surface area contributed by atoms with Gasteiger partial charge in [-0.05, 0) is 43.4 Å². The second-order valence-corrected chi connectivity index (χ2v) is 9.46. The molecule has 2 aromatic heterocycles. The molecular formula is C25H25N5O4S. The van der Waals surface area contributed by atoms with Crippen molar-refractivity contribution in [2.24, 2.45) is 0 Å². The van der Waals surface area contributed by atoms with E-state index in [-0.39, 0.29) is 24.5 Å². The molecule has 1 saturated carbocycles. The van der Waals surface area contributed by atoms with Crippen LogP contribution in [0.5, 0.6) is 0 Å². The first-order valence-corrected chi connectivity index (χ1v) is 12.5. The Morgan fingerprint density at radius 1 is 1.06 bits per heavy atom. The zero-order valence-corrected chi connectivity index (χ0v) is 19.8. The maximum Gasteiger partial charge on any atom is 0.410 e. The van der Waals surface area contributed by atoms with Gasteiger partial charge in [0.25, 0.3) is 5.91 Å². The van der Waals surface area contributed by atoms with Crippen molar-refractivity contribution >= 4 is 34.4 Å². The average Bonchev–Trinajstić information content (AvgIpc) is 3.35. The van der Waals surface area contributed by atoms with E-state index in [9.17, 15) is 14.4 Å². The van der Waals surface area contributed by atoms with Crippen LogP contribution >= 0.6 is 11.3 Å². The number of thiazole rings is 1. The van der Waals surface area contributed by atoms with Gasteiger partial charge >= 0.3 is 6.09 Å². The summed E-state index contributed by atoms with van der Waals surface area (Å²) in [4.78, 5) is 47.9. The molecule has 5 rings (SSSR count). The second-order valence-electron chi connectivity index (χ2n) is 8.60. The number of amides is 3. The summed E-state index contributed by atoms with van der Waals surface area (Å²) in [5, 5.41) is 7.97. The van der Waals surface area contributed by atoms with E-state index in [1.54, 1.807) is 17.5 Å². The summed E-state index contributed by atoms with van der Waals surface area (Å²) in [5.41, 5.74) is 2.60. The van der Waals surface area contributed by atoms with Crippen LogP contribution < -0.4 is 10.6 Å². The average molecular weight is 492 g/mol. The van der Waals surface area contributed by atoms with Crippen LogP contribution in [0.4, 0.5) is 9.93 Å². The number of hydrogen-bond acceptors (Lipinski definition) is 7. The first-order valence-electron chi connectivity index (χ1n) is 11.6. The molecule has 2 N–H and O–H groups in total. The summed E-state index contributed by atoms with van der Waals surface area (Å²) in [6, 6.07) is 12.6. The van der Waals surface area contributed by atoms with Crippen LogP contribution in [0, 0.1) is 0 Å². The number of likely N-dealkylation sites (tertiary alicyclic amines) is 1. The summed E-state index contributed by atoms with van der Waals surface area (Å²) in [6.07, 6.45) is 4.38. The molecule has 2 aliphatic rings. The number of aromatic nitrogens is 2. The summed E-state index contributed by atoms with van der Waals surface area (Å²) in [5.74, 6) is -0.415. The van der Waals surface area contributed by atoms with Gasteiger partial charge in [0, 0.05) is 24.2 Å². The van der Waals surface area contributed by atoms with Crippen molar-refractivity contribution in [3.05, 3.63) is 65.2 Å². The van der Waals surface area contributed by atoms with E-state index in [1.165, 1.54) is 22.4 Å². The molecule has 35 heavy (non-hydrogen) atoms. The van der Waals surface area contributed by atoms with Gasteiger partial charge in [-0.25, -0.2) is 9.78 Å². The number of carbonyl (C=O) groups excluding carboxylic acids is 3. The number of rotatable bonds is 7. The number of pyridine rings is 1. The van der Waals surface area contributed by atoms with E-state index >= 15 is 0 Å². The molecule has 1 aliphatic heterocycles. The second kappa shape index (κ2) is 10.2. The largest absolute Gasteiger partial charge is 0.445 e. The van der Waals surface area contributed by atoms with E-state index in [0.29, 0.717) is 35.0 Å².